The standard InChI is InChI=1S/2C10H16N2.2C2H6/c1-7(2)9-5-11-12-6-10(9)8(3)4;1-7(2)9-5-6-11-12-10(9)8(3)4;2*1-2/h2*5-8H,1-4H3;2*1-2H3. The maximum atomic E-state index is 4.15. The monoisotopic (exact) mass is 388 g/mol. The summed E-state index contributed by atoms with van der Waals surface area (Å²) in [5, 5.41) is 15.8. The topological polar surface area (TPSA) is 51.6 Å². The van der Waals surface area contributed by atoms with Gasteiger partial charge in [0.2, 0.25) is 0 Å². The van der Waals surface area contributed by atoms with Crippen LogP contribution in [0.1, 0.15) is 129 Å². The number of nitrogens with zero attached hydrogens (tertiary/aromatic N) is 4. The molecule has 0 saturated carbocycles. The van der Waals surface area contributed by atoms with Crippen molar-refractivity contribution in [3.63, 3.8) is 0 Å². The molecule has 0 aromatic carbocycles. The molecule has 0 aliphatic heterocycles. The highest BCUT2D eigenvalue weighted by molar-refractivity contribution is 5.26. The summed E-state index contributed by atoms with van der Waals surface area (Å²) in [6, 6.07) is 2.06. The third-order valence-electron chi connectivity index (χ3n) is 3.99. The maximum Gasteiger partial charge on any atom is 0.0690 e. The number of aromatic nitrogens is 4. The Morgan fingerprint density at radius 2 is 0.929 bits per heavy atom. The van der Waals surface area contributed by atoms with E-state index in [0.29, 0.717) is 23.7 Å². The molecule has 160 valence electrons. The Labute approximate surface area is 174 Å². The number of rotatable bonds is 4. The Kier molecular flexibility index (Phi) is 16.4. The zero-order valence-electron chi connectivity index (χ0n) is 20.4. The lowest BCUT2D eigenvalue weighted by molar-refractivity contribution is 0.729. The Hall–Kier alpha value is -1.84. The molecule has 0 radical (unpaired) electrons. The molecule has 0 fully saturated rings. The van der Waals surface area contributed by atoms with Crippen molar-refractivity contribution in [3.8, 4) is 0 Å². The van der Waals surface area contributed by atoms with Crippen LogP contribution < -0.4 is 0 Å². The zero-order valence-corrected chi connectivity index (χ0v) is 20.4. The minimum Gasteiger partial charge on any atom is -0.159 e. The van der Waals surface area contributed by atoms with E-state index in [0.717, 1.165) is 5.69 Å². The summed E-state index contributed by atoms with van der Waals surface area (Å²) in [5.74, 6) is 2.09. The van der Waals surface area contributed by atoms with Crippen molar-refractivity contribution in [1.82, 2.24) is 20.4 Å². The highest BCUT2D eigenvalue weighted by atomic mass is 15.1. The molecule has 0 atom stereocenters. The molecule has 0 bridgehead atoms. The van der Waals surface area contributed by atoms with E-state index in [1.165, 1.54) is 16.7 Å². The molecular formula is C24H44N4. The molecule has 2 heterocycles. The molecule has 0 N–H and O–H groups in total. The van der Waals surface area contributed by atoms with Crippen LogP contribution in [0.25, 0.3) is 0 Å². The Morgan fingerprint density at radius 1 is 0.536 bits per heavy atom. The van der Waals surface area contributed by atoms with Gasteiger partial charge in [-0.1, -0.05) is 83.1 Å². The van der Waals surface area contributed by atoms with Gasteiger partial charge in [-0.2, -0.15) is 20.4 Å². The number of hydrogen-bond donors (Lipinski definition) is 0. The van der Waals surface area contributed by atoms with Crippen molar-refractivity contribution >= 4 is 0 Å². The summed E-state index contributed by atoms with van der Waals surface area (Å²) in [7, 11) is 0. The van der Waals surface area contributed by atoms with E-state index < -0.39 is 0 Å². The molecule has 0 saturated heterocycles. The molecular weight excluding hydrogens is 344 g/mol. The van der Waals surface area contributed by atoms with Gasteiger partial charge in [-0.15, -0.1) is 0 Å². The Balaban J connectivity index is 0. The molecule has 4 heteroatoms. The van der Waals surface area contributed by atoms with Gasteiger partial charge in [-0.25, -0.2) is 0 Å². The first-order valence-corrected chi connectivity index (χ1v) is 10.9. The molecule has 0 amide bonds. The van der Waals surface area contributed by atoms with Crippen LogP contribution in [-0.4, -0.2) is 20.4 Å². The predicted molar refractivity (Wildman–Crippen MR) is 123 cm³/mol. The molecule has 0 spiro atoms. The number of hydrogen-bond acceptors (Lipinski definition) is 4. The van der Waals surface area contributed by atoms with Crippen molar-refractivity contribution in [1.29, 1.82) is 0 Å². The predicted octanol–water partition coefficient (Wildman–Crippen LogP) is 7.50. The fraction of sp³-hybridized carbons (Fsp3) is 0.667. The van der Waals surface area contributed by atoms with E-state index in [4.69, 9.17) is 0 Å². The van der Waals surface area contributed by atoms with Gasteiger partial charge in [0, 0.05) is 6.20 Å². The van der Waals surface area contributed by atoms with Gasteiger partial charge in [0.25, 0.3) is 0 Å². The smallest absolute Gasteiger partial charge is 0.0690 e. The van der Waals surface area contributed by atoms with Crippen LogP contribution in [-0.2, 0) is 0 Å². The lowest BCUT2D eigenvalue weighted by Gasteiger charge is -2.13. The van der Waals surface area contributed by atoms with Gasteiger partial charge in [0.05, 0.1) is 18.1 Å². The van der Waals surface area contributed by atoms with Crippen LogP contribution in [0.3, 0.4) is 0 Å². The van der Waals surface area contributed by atoms with Gasteiger partial charge in [0.15, 0.2) is 0 Å². The SMILES string of the molecule is CC.CC.CC(C)c1ccnnc1C(C)C.CC(C)c1cnncc1C(C)C. The fourth-order valence-electron chi connectivity index (χ4n) is 2.59. The second-order valence-corrected chi connectivity index (χ2v) is 7.39. The largest absolute Gasteiger partial charge is 0.159 e. The molecule has 0 unspecified atom stereocenters. The van der Waals surface area contributed by atoms with Crippen LogP contribution >= 0.6 is 0 Å². The summed E-state index contributed by atoms with van der Waals surface area (Å²) in [5.41, 5.74) is 5.09. The summed E-state index contributed by atoms with van der Waals surface area (Å²) < 4.78 is 0. The Bertz CT molecular complexity index is 510. The average Bonchev–Trinajstić information content (AvgIpc) is 2.71. The maximum absolute atomic E-state index is 4.15. The minimum atomic E-state index is 0.469. The van der Waals surface area contributed by atoms with E-state index >= 15 is 0 Å². The average molecular weight is 389 g/mol. The molecule has 0 aliphatic carbocycles. The molecule has 4 nitrogen and oxygen atoms in total. The zero-order chi connectivity index (χ0) is 22.3. The highest BCUT2D eigenvalue weighted by Gasteiger charge is 2.10. The van der Waals surface area contributed by atoms with E-state index in [9.17, 15) is 0 Å². The summed E-state index contributed by atoms with van der Waals surface area (Å²) in [4.78, 5) is 0. The van der Waals surface area contributed by atoms with Crippen LogP contribution in [0.5, 0.6) is 0 Å². The van der Waals surface area contributed by atoms with Crippen LogP contribution in [0.15, 0.2) is 24.7 Å². The third-order valence-corrected chi connectivity index (χ3v) is 3.99. The van der Waals surface area contributed by atoms with Crippen LogP contribution in [0, 0.1) is 0 Å². The van der Waals surface area contributed by atoms with Gasteiger partial charge < -0.3 is 0 Å². The first kappa shape index (κ1) is 28.4. The highest BCUT2D eigenvalue weighted by Crippen LogP contribution is 2.24. The first-order valence-electron chi connectivity index (χ1n) is 10.9. The molecule has 28 heavy (non-hydrogen) atoms. The third kappa shape index (κ3) is 9.91. The molecule has 2 aromatic rings. The van der Waals surface area contributed by atoms with Crippen molar-refractivity contribution < 1.29 is 0 Å². The van der Waals surface area contributed by atoms with Crippen LogP contribution in [0.4, 0.5) is 0 Å². The quantitative estimate of drug-likeness (QED) is 0.544. The molecule has 0 aliphatic rings. The minimum absolute atomic E-state index is 0.469. The van der Waals surface area contributed by atoms with Gasteiger partial charge in [-0.3, -0.25) is 0 Å². The first-order chi connectivity index (χ1) is 13.3. The van der Waals surface area contributed by atoms with Gasteiger partial charge in [-0.05, 0) is 46.4 Å². The van der Waals surface area contributed by atoms with E-state index in [-0.39, 0.29) is 0 Å². The Morgan fingerprint density at radius 3 is 1.21 bits per heavy atom. The van der Waals surface area contributed by atoms with Gasteiger partial charge in [0.1, 0.15) is 0 Å². The van der Waals surface area contributed by atoms with Crippen molar-refractivity contribution in [2.75, 3.05) is 0 Å². The van der Waals surface area contributed by atoms with Crippen molar-refractivity contribution in [2.24, 2.45) is 0 Å². The molecule has 2 rings (SSSR count). The van der Waals surface area contributed by atoms with Crippen LogP contribution in [0.2, 0.25) is 0 Å². The fourth-order valence-corrected chi connectivity index (χ4v) is 2.59. The summed E-state index contributed by atoms with van der Waals surface area (Å²) in [6.07, 6.45) is 5.52. The summed E-state index contributed by atoms with van der Waals surface area (Å²) in [6.45, 7) is 25.4. The second-order valence-electron chi connectivity index (χ2n) is 7.39. The normalized spacial score (nSPS) is 10.0. The lowest BCUT2D eigenvalue weighted by Crippen LogP contribution is -2.02. The lowest BCUT2D eigenvalue weighted by atomic mass is 9.94. The van der Waals surface area contributed by atoms with E-state index in [2.05, 4.69) is 81.9 Å². The molecule has 2 aromatic heterocycles. The van der Waals surface area contributed by atoms with Crippen molar-refractivity contribution in [3.05, 3.63) is 47.0 Å². The second kappa shape index (κ2) is 16.1. The van der Waals surface area contributed by atoms with E-state index in [1.54, 1.807) is 6.20 Å². The summed E-state index contributed by atoms with van der Waals surface area (Å²) >= 11 is 0. The van der Waals surface area contributed by atoms with Gasteiger partial charge >= 0.3 is 0 Å². The van der Waals surface area contributed by atoms with Crippen molar-refractivity contribution in [2.45, 2.75) is 107 Å². The van der Waals surface area contributed by atoms with E-state index in [1.807, 2.05) is 40.1 Å².